The van der Waals surface area contributed by atoms with Gasteiger partial charge in [0.05, 0.1) is 31.4 Å². The Labute approximate surface area is 206 Å². The van der Waals surface area contributed by atoms with Gasteiger partial charge in [-0.15, -0.1) is 0 Å². The van der Waals surface area contributed by atoms with Gasteiger partial charge < -0.3 is 19.5 Å². The van der Waals surface area contributed by atoms with Crippen LogP contribution in [-0.4, -0.2) is 41.7 Å². The van der Waals surface area contributed by atoms with Gasteiger partial charge in [0.15, 0.2) is 11.5 Å². The van der Waals surface area contributed by atoms with E-state index in [1.165, 1.54) is 32.4 Å². The van der Waals surface area contributed by atoms with Gasteiger partial charge in [-0.1, -0.05) is 12.1 Å². The van der Waals surface area contributed by atoms with Gasteiger partial charge in [0, 0.05) is 11.8 Å². The third-order valence-corrected chi connectivity index (χ3v) is 7.10. The lowest BCUT2D eigenvalue weighted by Crippen LogP contribution is -2.38. The van der Waals surface area contributed by atoms with E-state index in [9.17, 15) is 13.2 Å². The van der Waals surface area contributed by atoms with Crippen LogP contribution in [0.1, 0.15) is 18.1 Å². The van der Waals surface area contributed by atoms with Gasteiger partial charge in [-0.25, -0.2) is 8.42 Å². The maximum absolute atomic E-state index is 13.7. The molecule has 35 heavy (non-hydrogen) atoms. The first-order valence-electron chi connectivity index (χ1n) is 11.0. The van der Waals surface area contributed by atoms with Crippen LogP contribution in [0.25, 0.3) is 0 Å². The molecule has 0 atom stereocenters. The van der Waals surface area contributed by atoms with Crippen LogP contribution in [0.3, 0.4) is 0 Å². The fraction of sp³-hybridized carbons (Fsp3) is 0.269. The zero-order chi connectivity index (χ0) is 25.6. The number of carbonyl (C=O) groups is 1. The van der Waals surface area contributed by atoms with Crippen LogP contribution in [0.4, 0.5) is 11.4 Å². The summed E-state index contributed by atoms with van der Waals surface area (Å²) in [5.41, 5.74) is 2.80. The number of nitrogens with one attached hydrogen (secondary N) is 1. The van der Waals surface area contributed by atoms with E-state index in [1.54, 1.807) is 24.3 Å². The molecule has 3 rings (SSSR count). The lowest BCUT2D eigenvalue weighted by Gasteiger charge is -2.25. The lowest BCUT2D eigenvalue weighted by molar-refractivity contribution is -0.114. The summed E-state index contributed by atoms with van der Waals surface area (Å²) >= 11 is 0. The summed E-state index contributed by atoms with van der Waals surface area (Å²) in [5, 5.41) is 2.83. The summed E-state index contributed by atoms with van der Waals surface area (Å²) in [6.45, 7) is 5.70. The first kappa shape index (κ1) is 25.9. The molecule has 1 N–H and O–H groups in total. The molecule has 0 aliphatic heterocycles. The normalized spacial score (nSPS) is 11.0. The number of carbonyl (C=O) groups excluding carboxylic acids is 1. The first-order chi connectivity index (χ1) is 16.7. The summed E-state index contributed by atoms with van der Waals surface area (Å²) in [6, 6.07) is 16.5. The number of nitrogens with zero attached hydrogens (tertiary/aromatic N) is 1. The summed E-state index contributed by atoms with van der Waals surface area (Å²) in [6.07, 6.45) is 0. The molecule has 0 bridgehead atoms. The number of benzene rings is 3. The molecule has 3 aromatic rings. The zero-order valence-corrected chi connectivity index (χ0v) is 21.3. The largest absolute Gasteiger partial charge is 0.494 e. The van der Waals surface area contributed by atoms with Crippen molar-refractivity contribution in [3.8, 4) is 17.2 Å². The van der Waals surface area contributed by atoms with E-state index in [4.69, 9.17) is 14.2 Å². The topological polar surface area (TPSA) is 94.2 Å². The Balaban J connectivity index is 2.00. The van der Waals surface area contributed by atoms with Crippen LogP contribution in [0.5, 0.6) is 17.2 Å². The number of hydrogen-bond donors (Lipinski definition) is 1. The van der Waals surface area contributed by atoms with Crippen LogP contribution >= 0.6 is 0 Å². The Morgan fingerprint density at radius 1 is 0.914 bits per heavy atom. The Morgan fingerprint density at radius 3 is 2.23 bits per heavy atom. The van der Waals surface area contributed by atoms with Crippen molar-refractivity contribution < 1.29 is 27.4 Å². The standard InChI is InChI=1S/C26H30N2O6S/c1-6-34-21-11-9-20(10-12-21)28(17-26(29)27-23-15-18(2)7-8-19(23)3)35(30,31)22-13-14-24(32-4)25(16-22)33-5/h7-16H,6,17H2,1-5H3,(H,27,29). The number of amides is 1. The van der Waals surface area contributed by atoms with Crippen molar-refractivity contribution in [2.45, 2.75) is 25.7 Å². The number of rotatable bonds is 10. The van der Waals surface area contributed by atoms with Gasteiger partial charge >= 0.3 is 0 Å². The van der Waals surface area contributed by atoms with Crippen molar-refractivity contribution in [3.05, 3.63) is 71.8 Å². The second kappa shape index (κ2) is 11.1. The van der Waals surface area contributed by atoms with Gasteiger partial charge in [0.25, 0.3) is 10.0 Å². The van der Waals surface area contributed by atoms with Gasteiger partial charge in [0.1, 0.15) is 12.3 Å². The van der Waals surface area contributed by atoms with Crippen LogP contribution in [0.2, 0.25) is 0 Å². The molecule has 8 nitrogen and oxygen atoms in total. The predicted octanol–water partition coefficient (Wildman–Crippen LogP) is 4.55. The van der Waals surface area contributed by atoms with Crippen molar-refractivity contribution in [2.75, 3.05) is 37.0 Å². The molecule has 0 unspecified atom stereocenters. The van der Waals surface area contributed by atoms with E-state index in [2.05, 4.69) is 5.32 Å². The minimum absolute atomic E-state index is 0.0384. The van der Waals surface area contributed by atoms with E-state index >= 15 is 0 Å². The molecule has 0 aliphatic carbocycles. The van der Waals surface area contributed by atoms with E-state index in [-0.39, 0.29) is 10.6 Å². The molecule has 1 amide bonds. The van der Waals surface area contributed by atoms with Crippen LogP contribution in [0, 0.1) is 13.8 Å². The third kappa shape index (κ3) is 6.05. The summed E-state index contributed by atoms with van der Waals surface area (Å²) in [5.74, 6) is 0.781. The highest BCUT2D eigenvalue weighted by molar-refractivity contribution is 7.92. The van der Waals surface area contributed by atoms with Crippen LogP contribution in [-0.2, 0) is 14.8 Å². The number of aryl methyl sites for hydroxylation is 2. The van der Waals surface area contributed by atoms with Gasteiger partial charge in [-0.2, -0.15) is 0 Å². The average Bonchev–Trinajstić information content (AvgIpc) is 2.85. The van der Waals surface area contributed by atoms with E-state index in [1.807, 2.05) is 39.0 Å². The molecule has 0 aliphatic rings. The molecule has 3 aromatic carbocycles. The Kier molecular flexibility index (Phi) is 8.24. The van der Waals surface area contributed by atoms with Crippen molar-refractivity contribution in [2.24, 2.45) is 0 Å². The molecule has 9 heteroatoms. The number of anilines is 2. The highest BCUT2D eigenvalue weighted by atomic mass is 32.2. The minimum Gasteiger partial charge on any atom is -0.494 e. The average molecular weight is 499 g/mol. The molecule has 0 fully saturated rings. The minimum atomic E-state index is -4.15. The lowest BCUT2D eigenvalue weighted by atomic mass is 10.1. The number of methoxy groups -OCH3 is 2. The summed E-state index contributed by atoms with van der Waals surface area (Å²) < 4.78 is 44.5. The van der Waals surface area contributed by atoms with Crippen molar-refractivity contribution in [1.82, 2.24) is 0 Å². The molecular formula is C26H30N2O6S. The Bertz CT molecular complexity index is 1290. The number of hydrogen-bond acceptors (Lipinski definition) is 6. The van der Waals surface area contributed by atoms with E-state index < -0.39 is 22.5 Å². The van der Waals surface area contributed by atoms with E-state index in [0.29, 0.717) is 29.5 Å². The highest BCUT2D eigenvalue weighted by Crippen LogP contribution is 2.32. The smallest absolute Gasteiger partial charge is 0.264 e. The molecule has 0 heterocycles. The maximum atomic E-state index is 13.7. The fourth-order valence-electron chi connectivity index (χ4n) is 3.49. The summed E-state index contributed by atoms with van der Waals surface area (Å²) in [4.78, 5) is 13.0. The zero-order valence-electron chi connectivity index (χ0n) is 20.5. The second-order valence-corrected chi connectivity index (χ2v) is 9.68. The number of ether oxygens (including phenoxy) is 3. The number of sulfonamides is 1. The second-order valence-electron chi connectivity index (χ2n) is 7.82. The molecule has 0 aromatic heterocycles. The summed E-state index contributed by atoms with van der Waals surface area (Å²) in [7, 11) is -1.25. The van der Waals surface area contributed by atoms with Crippen molar-refractivity contribution >= 4 is 27.3 Å². The molecule has 0 spiro atoms. The van der Waals surface area contributed by atoms with Gasteiger partial charge in [-0.3, -0.25) is 9.10 Å². The van der Waals surface area contributed by atoms with Gasteiger partial charge in [0.2, 0.25) is 5.91 Å². The molecular weight excluding hydrogens is 468 g/mol. The molecule has 0 saturated heterocycles. The maximum Gasteiger partial charge on any atom is 0.264 e. The van der Waals surface area contributed by atoms with Crippen LogP contribution in [0.15, 0.2) is 65.6 Å². The molecule has 0 radical (unpaired) electrons. The van der Waals surface area contributed by atoms with Crippen LogP contribution < -0.4 is 23.8 Å². The monoisotopic (exact) mass is 498 g/mol. The highest BCUT2D eigenvalue weighted by Gasteiger charge is 2.28. The first-order valence-corrected chi connectivity index (χ1v) is 12.5. The predicted molar refractivity (Wildman–Crippen MR) is 136 cm³/mol. The quantitative estimate of drug-likeness (QED) is 0.441. The van der Waals surface area contributed by atoms with Crippen molar-refractivity contribution in [3.63, 3.8) is 0 Å². The SMILES string of the molecule is CCOc1ccc(N(CC(=O)Nc2cc(C)ccc2C)S(=O)(=O)c2ccc(OC)c(OC)c2)cc1. The fourth-order valence-corrected chi connectivity index (χ4v) is 4.92. The van der Waals surface area contributed by atoms with Crippen molar-refractivity contribution in [1.29, 1.82) is 0 Å². The van der Waals surface area contributed by atoms with E-state index in [0.717, 1.165) is 15.4 Å². The molecule has 0 saturated carbocycles. The Morgan fingerprint density at radius 2 is 1.60 bits per heavy atom. The molecule has 186 valence electrons. The third-order valence-electron chi connectivity index (χ3n) is 5.33. The van der Waals surface area contributed by atoms with Gasteiger partial charge in [-0.05, 0) is 74.4 Å². The Hall–Kier alpha value is -3.72.